The van der Waals surface area contributed by atoms with Crippen molar-refractivity contribution in [2.24, 2.45) is 0 Å². The van der Waals surface area contributed by atoms with Gasteiger partial charge in [0.2, 0.25) is 0 Å². The lowest BCUT2D eigenvalue weighted by Gasteiger charge is -2.09. The van der Waals surface area contributed by atoms with Crippen LogP contribution in [-0.4, -0.2) is 26.5 Å². The molecule has 0 spiro atoms. The van der Waals surface area contributed by atoms with Gasteiger partial charge in [-0.15, -0.1) is 11.3 Å². The predicted molar refractivity (Wildman–Crippen MR) is 75.4 cm³/mol. The fraction of sp³-hybridized carbons (Fsp3) is 0.167. The second kappa shape index (κ2) is 5.78. The third-order valence-corrected chi connectivity index (χ3v) is 5.26. The third-order valence-electron chi connectivity index (χ3n) is 2.52. The summed E-state index contributed by atoms with van der Waals surface area (Å²) in [7, 11) is -3.01. The number of anilines is 1. The first-order chi connectivity index (χ1) is 9.85. The van der Waals surface area contributed by atoms with Crippen LogP contribution in [0.5, 0.6) is 0 Å². The smallest absolute Gasteiger partial charge is 0.358 e. The highest BCUT2D eigenvalue weighted by Crippen LogP contribution is 2.25. The van der Waals surface area contributed by atoms with Crippen molar-refractivity contribution in [2.75, 3.05) is 11.8 Å². The van der Waals surface area contributed by atoms with Gasteiger partial charge in [0.15, 0.2) is 9.90 Å². The highest BCUT2D eigenvalue weighted by atomic mass is 32.2. The summed E-state index contributed by atoms with van der Waals surface area (Å²) < 4.78 is 44.4. The molecule has 0 bridgehead atoms. The second-order valence-electron chi connectivity index (χ2n) is 4.07. The first-order valence-corrected chi connectivity index (χ1v) is 8.02. The lowest BCUT2D eigenvalue weighted by molar-refractivity contribution is 0.0590. The van der Waals surface area contributed by atoms with Crippen LogP contribution < -0.4 is 4.72 Å². The first-order valence-electron chi connectivity index (χ1n) is 5.66. The van der Waals surface area contributed by atoms with Crippen LogP contribution in [0.4, 0.5) is 10.1 Å². The largest absolute Gasteiger partial charge is 0.464 e. The number of nitrogens with zero attached hydrogens (tertiary/aromatic N) is 1. The normalized spacial score (nSPS) is 11.2. The van der Waals surface area contributed by atoms with E-state index in [-0.39, 0.29) is 15.6 Å². The molecule has 0 unspecified atom stereocenters. The molecule has 0 saturated heterocycles. The van der Waals surface area contributed by atoms with Crippen molar-refractivity contribution in [2.45, 2.75) is 11.1 Å². The maximum atomic E-state index is 13.6. The molecule has 1 N–H and O–H groups in total. The summed E-state index contributed by atoms with van der Waals surface area (Å²) in [5.41, 5.74) is 1.36. The summed E-state index contributed by atoms with van der Waals surface area (Å²) in [6.07, 6.45) is 0. The molecule has 6 nitrogen and oxygen atoms in total. The van der Waals surface area contributed by atoms with Crippen LogP contribution in [0, 0.1) is 12.7 Å². The Balaban J connectivity index is 2.42. The van der Waals surface area contributed by atoms with Crippen LogP contribution in [0.2, 0.25) is 0 Å². The van der Waals surface area contributed by atoms with Crippen molar-refractivity contribution in [1.29, 1.82) is 0 Å². The number of esters is 1. The lowest BCUT2D eigenvalue weighted by atomic mass is 10.2. The number of sulfonamides is 1. The highest BCUT2D eigenvalue weighted by molar-refractivity contribution is 7.94. The van der Waals surface area contributed by atoms with E-state index in [2.05, 4.69) is 14.4 Å². The lowest BCUT2D eigenvalue weighted by Crippen LogP contribution is -2.16. The highest BCUT2D eigenvalue weighted by Gasteiger charge is 2.27. The molecule has 0 aliphatic rings. The van der Waals surface area contributed by atoms with Gasteiger partial charge in [0.05, 0.1) is 18.3 Å². The average molecular weight is 330 g/mol. The van der Waals surface area contributed by atoms with Crippen LogP contribution >= 0.6 is 11.3 Å². The zero-order valence-electron chi connectivity index (χ0n) is 11.1. The first kappa shape index (κ1) is 15.4. The molecule has 112 valence electrons. The number of benzene rings is 1. The van der Waals surface area contributed by atoms with Crippen LogP contribution in [0.3, 0.4) is 0 Å². The molecule has 2 aromatic rings. The summed E-state index contributed by atoms with van der Waals surface area (Å²) in [4.78, 5) is 15.1. The maximum Gasteiger partial charge on any atom is 0.358 e. The van der Waals surface area contributed by atoms with Gasteiger partial charge in [0.25, 0.3) is 10.0 Å². The van der Waals surface area contributed by atoms with E-state index >= 15 is 0 Å². The van der Waals surface area contributed by atoms with Crippen LogP contribution in [0.25, 0.3) is 0 Å². The summed E-state index contributed by atoms with van der Waals surface area (Å²) in [6, 6.07) is 4.02. The molecule has 0 atom stereocenters. The molecule has 0 aliphatic carbocycles. The van der Waals surface area contributed by atoms with Crippen molar-refractivity contribution < 1.29 is 22.3 Å². The topological polar surface area (TPSA) is 85.4 Å². The van der Waals surface area contributed by atoms with Gasteiger partial charge in [-0.25, -0.2) is 22.6 Å². The van der Waals surface area contributed by atoms with E-state index in [0.29, 0.717) is 5.56 Å². The number of methoxy groups -OCH3 is 1. The summed E-state index contributed by atoms with van der Waals surface area (Å²) in [5.74, 6) is -1.59. The molecule has 0 amide bonds. The Bertz CT molecular complexity index is 786. The third kappa shape index (κ3) is 3.19. The van der Waals surface area contributed by atoms with Crippen molar-refractivity contribution >= 4 is 33.0 Å². The van der Waals surface area contributed by atoms with Gasteiger partial charge in [-0.1, -0.05) is 6.07 Å². The number of halogens is 1. The van der Waals surface area contributed by atoms with Crippen LogP contribution in [-0.2, 0) is 14.8 Å². The van der Waals surface area contributed by atoms with Gasteiger partial charge in [0.1, 0.15) is 5.82 Å². The number of thiazole rings is 1. The summed E-state index contributed by atoms with van der Waals surface area (Å²) in [5, 5.41) is 0. The maximum absolute atomic E-state index is 13.6. The number of carbonyl (C=O) groups is 1. The summed E-state index contributed by atoms with van der Waals surface area (Å²) in [6.45, 7) is 1.70. The summed E-state index contributed by atoms with van der Waals surface area (Å²) >= 11 is 0.745. The van der Waals surface area contributed by atoms with Crippen LogP contribution in [0.1, 0.15) is 16.1 Å². The zero-order chi connectivity index (χ0) is 15.6. The molecule has 1 aromatic heterocycles. The Kier molecular flexibility index (Phi) is 4.24. The van der Waals surface area contributed by atoms with Gasteiger partial charge in [-0.05, 0) is 24.6 Å². The van der Waals surface area contributed by atoms with Gasteiger partial charge in [-0.2, -0.15) is 0 Å². The number of nitrogens with one attached hydrogen (secondary N) is 1. The van der Waals surface area contributed by atoms with Crippen molar-refractivity contribution in [3.63, 3.8) is 0 Å². The molecule has 1 aromatic carbocycles. The Hall–Kier alpha value is -2.00. The number of hydrogen-bond acceptors (Lipinski definition) is 6. The number of aryl methyl sites for hydroxylation is 1. The van der Waals surface area contributed by atoms with Crippen LogP contribution in [0.15, 0.2) is 27.9 Å². The number of aromatic nitrogens is 1. The van der Waals surface area contributed by atoms with Gasteiger partial charge in [-0.3, -0.25) is 4.72 Å². The average Bonchev–Trinajstić information content (AvgIpc) is 2.92. The molecule has 1 heterocycles. The molecule has 0 fully saturated rings. The fourth-order valence-electron chi connectivity index (χ4n) is 1.57. The molecule has 0 saturated carbocycles. The zero-order valence-corrected chi connectivity index (χ0v) is 12.7. The van der Waals surface area contributed by atoms with Gasteiger partial charge in [0, 0.05) is 0 Å². The van der Waals surface area contributed by atoms with E-state index in [9.17, 15) is 17.6 Å². The molecule has 21 heavy (non-hydrogen) atoms. The van der Waals surface area contributed by atoms with Gasteiger partial charge >= 0.3 is 5.97 Å². The van der Waals surface area contributed by atoms with E-state index < -0.39 is 21.8 Å². The fourth-order valence-corrected chi connectivity index (χ4v) is 3.76. The number of rotatable bonds is 4. The Labute approximate surface area is 124 Å². The monoisotopic (exact) mass is 330 g/mol. The minimum absolute atomic E-state index is 0.195. The Morgan fingerprint density at radius 1 is 1.43 bits per heavy atom. The number of ether oxygens (including phenoxy) is 1. The Morgan fingerprint density at radius 2 is 2.14 bits per heavy atom. The SMILES string of the molecule is COC(=O)c1ncsc1S(=O)(=O)Nc1cc(C)ccc1F. The molecule has 0 aliphatic heterocycles. The standard InChI is InChI=1S/C12H11FN2O4S2/c1-7-3-4-8(13)9(5-7)15-21(17,18)12-10(11(16)19-2)14-6-20-12/h3-6,15H,1-2H3. The Morgan fingerprint density at radius 3 is 2.81 bits per heavy atom. The minimum Gasteiger partial charge on any atom is -0.464 e. The van der Waals surface area contributed by atoms with E-state index in [1.165, 1.54) is 17.6 Å². The minimum atomic E-state index is -4.13. The predicted octanol–water partition coefficient (Wildman–Crippen LogP) is 2.18. The quantitative estimate of drug-likeness (QED) is 0.869. The molecule has 2 rings (SSSR count). The van der Waals surface area contributed by atoms with E-state index in [4.69, 9.17) is 0 Å². The van der Waals surface area contributed by atoms with E-state index in [0.717, 1.165) is 24.5 Å². The van der Waals surface area contributed by atoms with Crippen molar-refractivity contribution in [1.82, 2.24) is 4.98 Å². The van der Waals surface area contributed by atoms with Crippen molar-refractivity contribution in [3.05, 3.63) is 40.8 Å². The molecular weight excluding hydrogens is 319 g/mol. The molecule has 0 radical (unpaired) electrons. The van der Waals surface area contributed by atoms with E-state index in [1.54, 1.807) is 6.92 Å². The molecular formula is C12H11FN2O4S2. The van der Waals surface area contributed by atoms with Gasteiger partial charge < -0.3 is 4.74 Å². The van der Waals surface area contributed by atoms with E-state index in [1.807, 2.05) is 0 Å². The number of carbonyl (C=O) groups excluding carboxylic acids is 1. The number of hydrogen-bond donors (Lipinski definition) is 1. The van der Waals surface area contributed by atoms with Crippen molar-refractivity contribution in [3.8, 4) is 0 Å². The molecule has 9 heteroatoms. The second-order valence-corrected chi connectivity index (χ2v) is 6.80.